The monoisotopic (exact) mass is 476 g/mol. The van der Waals surface area contributed by atoms with Crippen molar-refractivity contribution < 1.29 is 29.0 Å². The zero-order valence-electron chi connectivity index (χ0n) is 21.7. The highest BCUT2D eigenvalue weighted by Gasteiger charge is 2.65. The molecule has 4 saturated carbocycles. The summed E-state index contributed by atoms with van der Waals surface area (Å²) >= 11 is 0. The Hall–Kier alpha value is -1.59. The highest BCUT2D eigenvalue weighted by atomic mass is 16.5. The zero-order valence-corrected chi connectivity index (χ0v) is 21.7. The van der Waals surface area contributed by atoms with E-state index in [4.69, 9.17) is 9.47 Å². The largest absolute Gasteiger partial charge is 0.481 e. The number of ether oxygens (including phenoxy) is 2. The summed E-state index contributed by atoms with van der Waals surface area (Å²) in [5.74, 6) is 1.75. The van der Waals surface area contributed by atoms with Crippen molar-refractivity contribution in [3.05, 3.63) is 0 Å². The molecule has 0 amide bonds. The van der Waals surface area contributed by atoms with Crippen molar-refractivity contribution in [2.45, 2.75) is 111 Å². The number of rotatable bonds is 6. The van der Waals surface area contributed by atoms with Crippen LogP contribution in [0.4, 0.5) is 0 Å². The molecule has 4 rings (SSSR count). The maximum atomic E-state index is 12.3. The molecule has 4 aliphatic rings. The molecule has 0 unspecified atom stereocenters. The van der Waals surface area contributed by atoms with Crippen LogP contribution < -0.4 is 0 Å². The van der Waals surface area contributed by atoms with E-state index in [2.05, 4.69) is 20.8 Å². The summed E-state index contributed by atoms with van der Waals surface area (Å²) < 4.78 is 11.7. The first kappa shape index (κ1) is 25.5. The van der Waals surface area contributed by atoms with Gasteiger partial charge >= 0.3 is 17.9 Å². The van der Waals surface area contributed by atoms with Gasteiger partial charge in [-0.05, 0) is 98.7 Å². The number of hydrogen-bond donors (Lipinski definition) is 1. The van der Waals surface area contributed by atoms with Crippen LogP contribution in [0.2, 0.25) is 0 Å². The van der Waals surface area contributed by atoms with Crippen LogP contribution >= 0.6 is 0 Å². The topological polar surface area (TPSA) is 89.9 Å². The molecule has 34 heavy (non-hydrogen) atoms. The van der Waals surface area contributed by atoms with Crippen molar-refractivity contribution in [2.24, 2.45) is 46.3 Å². The molecule has 0 aromatic heterocycles. The summed E-state index contributed by atoms with van der Waals surface area (Å²) in [5.41, 5.74) is 0.0925. The van der Waals surface area contributed by atoms with Gasteiger partial charge in [-0.2, -0.15) is 0 Å². The number of aliphatic carboxylic acids is 1. The minimum atomic E-state index is -0.734. The van der Waals surface area contributed by atoms with Crippen molar-refractivity contribution in [2.75, 3.05) is 0 Å². The van der Waals surface area contributed by atoms with Crippen molar-refractivity contribution in [3.63, 3.8) is 0 Å². The van der Waals surface area contributed by atoms with Gasteiger partial charge in [-0.15, -0.1) is 0 Å². The SMILES string of the molecule is CC(=O)O[C@@H]1CC[C@@]2(C)[C@H](CC[C@@H]3[C@@H]2C[C@H](OC(C)=O)[C@]2(C)[C@@H]([C@H](C)CCC(=O)O)CC[C@@H]32)C1. The normalized spacial score (nSPS) is 44.2. The fourth-order valence-corrected chi connectivity index (χ4v) is 9.39. The van der Waals surface area contributed by atoms with Crippen LogP contribution in [0.25, 0.3) is 0 Å². The third-order valence-corrected chi connectivity index (χ3v) is 10.9. The highest BCUT2D eigenvalue weighted by Crippen LogP contribution is 2.69. The van der Waals surface area contributed by atoms with Crippen LogP contribution in [-0.2, 0) is 23.9 Å². The molecule has 6 nitrogen and oxygen atoms in total. The third-order valence-electron chi connectivity index (χ3n) is 10.9. The van der Waals surface area contributed by atoms with Crippen LogP contribution in [0.3, 0.4) is 0 Å². The van der Waals surface area contributed by atoms with Gasteiger partial charge in [0, 0.05) is 25.7 Å². The molecule has 10 atom stereocenters. The van der Waals surface area contributed by atoms with E-state index in [1.165, 1.54) is 26.7 Å². The second kappa shape index (κ2) is 9.46. The summed E-state index contributed by atoms with van der Waals surface area (Å²) in [6, 6.07) is 0. The Morgan fingerprint density at radius 3 is 2.29 bits per heavy atom. The number of esters is 2. The second-order valence-corrected chi connectivity index (χ2v) is 12.5. The molecular weight excluding hydrogens is 432 g/mol. The fourth-order valence-electron chi connectivity index (χ4n) is 9.39. The van der Waals surface area contributed by atoms with Crippen LogP contribution in [0.5, 0.6) is 0 Å². The van der Waals surface area contributed by atoms with Crippen molar-refractivity contribution in [1.82, 2.24) is 0 Å². The number of fused-ring (bicyclic) bond motifs is 5. The van der Waals surface area contributed by atoms with Crippen LogP contribution in [0.15, 0.2) is 0 Å². The molecule has 0 bridgehead atoms. The number of carbonyl (C=O) groups excluding carboxylic acids is 2. The lowest BCUT2D eigenvalue weighted by molar-refractivity contribution is -0.197. The van der Waals surface area contributed by atoms with Gasteiger partial charge in [0.1, 0.15) is 12.2 Å². The van der Waals surface area contributed by atoms with E-state index in [1.807, 2.05) is 0 Å². The molecule has 0 spiro atoms. The molecule has 0 aliphatic heterocycles. The quantitative estimate of drug-likeness (QED) is 0.501. The zero-order chi connectivity index (χ0) is 24.8. The maximum Gasteiger partial charge on any atom is 0.303 e. The highest BCUT2D eigenvalue weighted by molar-refractivity contribution is 5.67. The molecule has 0 aromatic carbocycles. The van der Waals surface area contributed by atoms with E-state index in [0.29, 0.717) is 41.9 Å². The maximum absolute atomic E-state index is 12.3. The summed E-state index contributed by atoms with van der Waals surface area (Å²) in [6.07, 6.45) is 9.27. The Balaban J connectivity index is 1.60. The van der Waals surface area contributed by atoms with E-state index in [9.17, 15) is 19.5 Å². The smallest absolute Gasteiger partial charge is 0.303 e. The third kappa shape index (κ3) is 4.39. The first-order valence-corrected chi connectivity index (χ1v) is 13.5. The predicted molar refractivity (Wildman–Crippen MR) is 128 cm³/mol. The lowest BCUT2D eigenvalue weighted by atomic mass is 9.43. The van der Waals surface area contributed by atoms with Gasteiger partial charge in [0.15, 0.2) is 0 Å². The standard InChI is InChI=1S/C28H44O6/c1-16(6-11-26(31)32)22-9-10-23-21-8-7-19-14-20(33-17(2)29)12-13-27(19,4)24(21)15-25(28(22,23)5)34-18(3)30/h16,19-25H,6-15H2,1-5H3,(H,31,32)/t16-,19-,20-,21+,22-,23+,24+,25+,27+,28-/m1/s1. The first-order chi connectivity index (χ1) is 16.0. The number of carboxylic acids is 1. The molecule has 1 N–H and O–H groups in total. The molecule has 0 heterocycles. The molecular formula is C28H44O6. The average Bonchev–Trinajstić information content (AvgIpc) is 3.10. The summed E-state index contributed by atoms with van der Waals surface area (Å²) in [5, 5.41) is 9.24. The Labute approximate surface area is 204 Å². The van der Waals surface area contributed by atoms with Crippen LogP contribution in [0, 0.1) is 46.3 Å². The fraction of sp³-hybridized carbons (Fsp3) is 0.893. The van der Waals surface area contributed by atoms with Gasteiger partial charge < -0.3 is 14.6 Å². The average molecular weight is 477 g/mol. The van der Waals surface area contributed by atoms with Crippen LogP contribution in [0.1, 0.15) is 98.8 Å². The van der Waals surface area contributed by atoms with Gasteiger partial charge in [0.2, 0.25) is 0 Å². The number of hydrogen-bond acceptors (Lipinski definition) is 5. The molecule has 192 valence electrons. The lowest BCUT2D eigenvalue weighted by Crippen LogP contribution is -2.59. The Kier molecular flexibility index (Phi) is 7.10. The minimum Gasteiger partial charge on any atom is -0.481 e. The molecule has 0 aromatic rings. The van der Waals surface area contributed by atoms with E-state index in [0.717, 1.165) is 38.5 Å². The summed E-state index contributed by atoms with van der Waals surface area (Å²) in [4.78, 5) is 35.0. The molecule has 4 aliphatic carbocycles. The van der Waals surface area contributed by atoms with E-state index in [1.54, 1.807) is 0 Å². The molecule has 0 radical (unpaired) electrons. The Morgan fingerprint density at radius 1 is 0.941 bits per heavy atom. The summed E-state index contributed by atoms with van der Waals surface area (Å²) in [7, 11) is 0. The molecule has 0 saturated heterocycles. The van der Waals surface area contributed by atoms with Gasteiger partial charge in [0.05, 0.1) is 0 Å². The second-order valence-electron chi connectivity index (χ2n) is 12.5. The summed E-state index contributed by atoms with van der Waals surface area (Å²) in [6.45, 7) is 10.0. The van der Waals surface area contributed by atoms with Gasteiger partial charge in [-0.1, -0.05) is 20.8 Å². The first-order valence-electron chi connectivity index (χ1n) is 13.5. The minimum absolute atomic E-state index is 0.0381. The van der Waals surface area contributed by atoms with Gasteiger partial charge in [-0.25, -0.2) is 0 Å². The van der Waals surface area contributed by atoms with Crippen molar-refractivity contribution in [3.8, 4) is 0 Å². The van der Waals surface area contributed by atoms with Gasteiger partial charge in [-0.3, -0.25) is 14.4 Å². The Bertz CT molecular complexity index is 809. The number of carboxylic acid groups (broad SMARTS) is 1. The Morgan fingerprint density at radius 2 is 1.65 bits per heavy atom. The van der Waals surface area contributed by atoms with Crippen molar-refractivity contribution in [1.29, 1.82) is 0 Å². The van der Waals surface area contributed by atoms with E-state index >= 15 is 0 Å². The number of carbonyl (C=O) groups is 3. The molecule has 4 fully saturated rings. The predicted octanol–water partition coefficient (Wildman–Crippen LogP) is 5.62. The lowest BCUT2D eigenvalue weighted by Gasteiger charge is -2.62. The molecule has 6 heteroatoms. The van der Waals surface area contributed by atoms with Crippen LogP contribution in [-0.4, -0.2) is 35.2 Å². The van der Waals surface area contributed by atoms with E-state index in [-0.39, 0.29) is 41.4 Å². The van der Waals surface area contributed by atoms with Gasteiger partial charge in [0.25, 0.3) is 0 Å². The van der Waals surface area contributed by atoms with E-state index < -0.39 is 5.97 Å². The van der Waals surface area contributed by atoms with Crippen molar-refractivity contribution >= 4 is 17.9 Å².